The van der Waals surface area contributed by atoms with Crippen molar-refractivity contribution >= 4 is 23.9 Å². The summed E-state index contributed by atoms with van der Waals surface area (Å²) in [4.78, 5) is 66.1. The number of likely N-dealkylation sites (N-methyl/N-ethyl adjacent to an activating group) is 4. The molecule has 8 saturated heterocycles. The minimum atomic E-state index is -1.53. The lowest BCUT2D eigenvalue weighted by molar-refractivity contribution is -0.321. The third-order valence-corrected chi connectivity index (χ3v) is 27.5. The zero-order chi connectivity index (χ0) is 95.3. The maximum Gasteiger partial charge on any atom is 0.311 e. The maximum atomic E-state index is 14.9. The van der Waals surface area contributed by atoms with Crippen molar-refractivity contribution in [3.63, 3.8) is 0 Å². The Kier molecular flexibility index (Phi) is 41.2. The topological polar surface area (TPSA) is 371 Å². The predicted octanol–water partition coefficient (Wildman–Crippen LogP) is 8.39. The van der Waals surface area contributed by atoms with Gasteiger partial charge in [0.05, 0.1) is 97.0 Å². The summed E-state index contributed by atoms with van der Waals surface area (Å²) >= 11 is 0. The standard InChI is InChI=1S/C46H82N4O13.C43H79N3O13.C3H3N/c1-18-34-46(11)39(62-43(63-46)49(14)15)30(6)50(16)25-26(2)23-44(9,53)38(61-42-37(55-21-19-20-47)33(48(12)13)22-27(3)56-42)28(4)36(29(5)41(52)59-34)60-35-24-45(10,54-17)40(31(7)57-35)58-32(8)51;1-18-31-43(11)36(58-40(59-43)45(14)15)27(6)46(16)22-23(2)20-41(9,50)35(57-39-33(48)30(44(12)13)19-24(3)52-39)25(4)34(26(5)38(49)55-31)56-32-21-42(10,51-17)37(28(7)53-32)54-29(8)47;1-2-3-4/h26-31,33-40,42-43,53H,18-19,21-25H2,1-17H3;23-28,30-37,39-40,48,50H,18-22H2,1-17H3;2H,1H2/t26-,27-,28+,29-,30-,31+,33+,34-,35+,36+,37-,38-,39-,40+,42+,43?,44-,45-,46-;23-,24-,25+,26-,27-,28+,30+,31-,32+,33-,34+,35-,36-,37+,39+,40?,41-,42-,43-;/m11./s1. The number of hydrogen-bond acceptors (Lipinski definition) is 34. The molecular weight excluding hydrogens is 1630 g/mol. The van der Waals surface area contributed by atoms with Crippen LogP contribution in [0.5, 0.6) is 0 Å². The van der Waals surface area contributed by atoms with Gasteiger partial charge in [0.25, 0.3) is 0 Å². The Balaban J connectivity index is 0.000000374. The van der Waals surface area contributed by atoms with Crippen LogP contribution in [0.3, 0.4) is 0 Å². The van der Waals surface area contributed by atoms with Gasteiger partial charge in [-0.15, -0.1) is 0 Å². The molecule has 126 heavy (non-hydrogen) atoms. The second kappa shape index (κ2) is 47.0. The van der Waals surface area contributed by atoms with Crippen LogP contribution in [0.4, 0.5) is 0 Å². The molecule has 0 aromatic heterocycles. The van der Waals surface area contributed by atoms with Crippen LogP contribution in [-0.4, -0.2) is 366 Å². The first-order valence-corrected chi connectivity index (χ1v) is 45.5. The number of esters is 4. The Morgan fingerprint density at radius 2 is 0.905 bits per heavy atom. The molecule has 0 aromatic carbocycles. The van der Waals surface area contributed by atoms with Gasteiger partial charge in [0, 0.05) is 96.1 Å². The molecule has 38 atom stereocenters. The third-order valence-electron chi connectivity index (χ3n) is 27.5. The first-order chi connectivity index (χ1) is 58.5. The second-order valence-corrected chi connectivity index (χ2v) is 39.5. The van der Waals surface area contributed by atoms with Crippen molar-refractivity contribution in [1.82, 2.24) is 29.4 Å². The Bertz CT molecular complexity index is 3500. The van der Waals surface area contributed by atoms with Crippen molar-refractivity contribution in [2.45, 2.75) is 404 Å². The molecule has 0 radical (unpaired) electrons. The summed E-state index contributed by atoms with van der Waals surface area (Å²) in [5, 5.41) is 54.3. The number of methoxy groups -OCH3 is 2. The van der Waals surface area contributed by atoms with E-state index in [9.17, 15) is 39.8 Å². The van der Waals surface area contributed by atoms with Gasteiger partial charge in [0.15, 0.2) is 37.4 Å². The van der Waals surface area contributed by atoms with Gasteiger partial charge in [0.2, 0.25) is 12.8 Å². The monoisotopic (exact) mass is 1800 g/mol. The highest BCUT2D eigenvalue weighted by atomic mass is 16.8. The first-order valence-electron chi connectivity index (χ1n) is 45.5. The van der Waals surface area contributed by atoms with Crippen LogP contribution < -0.4 is 0 Å². The van der Waals surface area contributed by atoms with Crippen LogP contribution in [0.2, 0.25) is 0 Å². The normalized spacial score (nSPS) is 44.7. The zero-order valence-electron chi connectivity index (χ0n) is 82.6. The van der Waals surface area contributed by atoms with Gasteiger partial charge in [-0.3, -0.25) is 29.0 Å². The molecule has 34 heteroatoms. The predicted molar refractivity (Wildman–Crippen MR) is 468 cm³/mol. The van der Waals surface area contributed by atoms with Gasteiger partial charge in [-0.05, 0) is 218 Å². The Hall–Kier alpha value is -4.36. The Morgan fingerprint density at radius 1 is 0.540 bits per heavy atom. The van der Waals surface area contributed by atoms with Crippen molar-refractivity contribution in [3.05, 3.63) is 12.7 Å². The fraction of sp³-hybridized carbons (Fsp3) is 0.913. The number of allylic oxidation sites excluding steroid dienone is 1. The number of nitrogens with zero attached hydrogens (tertiary/aromatic N) is 8. The molecule has 34 nitrogen and oxygen atoms in total. The summed E-state index contributed by atoms with van der Waals surface area (Å²) in [5.74, 6) is -5.49. The van der Waals surface area contributed by atoms with Crippen molar-refractivity contribution < 1.29 is 124 Å². The second-order valence-electron chi connectivity index (χ2n) is 39.5. The molecule has 8 aliphatic rings. The molecule has 3 N–H and O–H groups in total. The molecule has 8 rings (SSSR count). The summed E-state index contributed by atoms with van der Waals surface area (Å²) in [6.45, 7) is 45.2. The SMILES string of the molecule is C=CC#N.CC[C@H]1OC(=O)[C@H](C)[C@@H](O[C@H]2C[C@@](C)(OC)[C@@H](OC(C)=O)[C@H](C)O2)[C@H](C)[C@@H](O[C@@H]2O[C@H](C)C[C@H](N(C)C)[C@H]2O)[C@](C)(O)C[C@@H](C)CN(C)[C@H](C)[C@H]2OC(N(C)C)O[C@@]21C.CC[C@H]1OC(=O)[C@H](C)[C@@H](O[C@H]2C[C@@](C)(OC)[C@@H](OC(C)=O)[C@H](C)O2)[C@H](C)[C@@H](O[C@@H]2O[C@H](C)C[C@H](N(C)C)[C@H]2OCCC#N)[C@](C)(O)C[C@@H](C)CN(C)[C@H](C)[C@H]2OC(N(C)C)O[C@@]21C. The lowest BCUT2D eigenvalue weighted by atomic mass is 9.77. The van der Waals surface area contributed by atoms with E-state index in [-0.39, 0.29) is 74.1 Å². The van der Waals surface area contributed by atoms with Crippen molar-refractivity contribution in [2.75, 3.05) is 104 Å². The number of ether oxygens (including phenoxy) is 19. The summed E-state index contributed by atoms with van der Waals surface area (Å²) < 4.78 is 123. The number of nitriles is 2. The molecule has 0 aliphatic carbocycles. The van der Waals surface area contributed by atoms with E-state index in [1.807, 2.05) is 154 Å². The Labute approximate surface area is 753 Å². The van der Waals surface area contributed by atoms with Crippen LogP contribution in [0.1, 0.15) is 210 Å². The molecule has 0 bridgehead atoms. The average molecular weight is 1800 g/mol. The van der Waals surface area contributed by atoms with E-state index >= 15 is 0 Å². The molecule has 8 aliphatic heterocycles. The minimum absolute atomic E-state index is 0.0652. The highest BCUT2D eigenvalue weighted by Crippen LogP contribution is 2.48. The summed E-state index contributed by atoms with van der Waals surface area (Å²) in [5.41, 5.74) is -7.15. The van der Waals surface area contributed by atoms with E-state index in [4.69, 9.17) is 95.3 Å². The fourth-order valence-corrected chi connectivity index (χ4v) is 20.6. The molecule has 2 unspecified atom stereocenters. The average Bonchev–Trinajstić information content (AvgIpc) is 1.49. The first kappa shape index (κ1) is 110. The highest BCUT2D eigenvalue weighted by molar-refractivity contribution is 5.74. The number of cyclic esters (lactones) is 2. The number of aliphatic hydroxyl groups excluding tert-OH is 1. The van der Waals surface area contributed by atoms with Gasteiger partial charge >= 0.3 is 23.9 Å². The quantitative estimate of drug-likeness (QED) is 0.0420. The van der Waals surface area contributed by atoms with E-state index in [0.717, 1.165) is 0 Å². The molecular formula is C92H164N8O26. The number of aliphatic hydroxyl groups is 3. The number of carbonyl (C=O) groups is 4. The number of rotatable bonds is 21. The zero-order valence-corrected chi connectivity index (χ0v) is 82.6. The summed E-state index contributed by atoms with van der Waals surface area (Å²) in [6, 6.07) is 3.09. The van der Waals surface area contributed by atoms with Crippen molar-refractivity contribution in [1.29, 1.82) is 10.5 Å². The van der Waals surface area contributed by atoms with Gasteiger partial charge < -0.3 is 125 Å². The van der Waals surface area contributed by atoms with E-state index in [2.05, 4.69) is 55.0 Å². The van der Waals surface area contributed by atoms with E-state index in [1.165, 1.54) is 19.9 Å². The van der Waals surface area contributed by atoms with Crippen LogP contribution in [0, 0.1) is 58.2 Å². The van der Waals surface area contributed by atoms with Gasteiger partial charge in [-0.2, -0.15) is 10.5 Å². The molecule has 728 valence electrons. The lowest BCUT2D eigenvalue weighted by Crippen LogP contribution is -2.61. The Morgan fingerprint density at radius 3 is 1.24 bits per heavy atom. The number of hydrogen-bond donors (Lipinski definition) is 3. The fourth-order valence-electron chi connectivity index (χ4n) is 20.6. The molecule has 8 heterocycles. The van der Waals surface area contributed by atoms with Gasteiger partial charge in [0.1, 0.15) is 59.0 Å². The number of fused-ring (bicyclic) bond motifs is 2. The van der Waals surface area contributed by atoms with E-state index < -0.39 is 205 Å². The lowest BCUT2D eigenvalue weighted by Gasteiger charge is -2.49. The van der Waals surface area contributed by atoms with Gasteiger partial charge in [-0.1, -0.05) is 48.1 Å². The molecule has 0 amide bonds. The molecule has 8 fully saturated rings. The minimum Gasteiger partial charge on any atom is -0.459 e. The molecule has 0 saturated carbocycles. The third kappa shape index (κ3) is 27.0. The summed E-state index contributed by atoms with van der Waals surface area (Å²) in [7, 11) is 22.4. The number of carbonyl (C=O) groups excluding carboxylic acids is 4. The van der Waals surface area contributed by atoms with Crippen LogP contribution >= 0.6 is 0 Å². The van der Waals surface area contributed by atoms with E-state index in [0.29, 0.717) is 51.6 Å². The smallest absolute Gasteiger partial charge is 0.311 e. The van der Waals surface area contributed by atoms with Crippen LogP contribution in [-0.2, 0) is 109 Å². The molecule has 0 aromatic rings. The van der Waals surface area contributed by atoms with E-state index in [1.54, 1.807) is 61.8 Å². The highest BCUT2D eigenvalue weighted by Gasteiger charge is 2.62. The van der Waals surface area contributed by atoms with Crippen LogP contribution in [0.25, 0.3) is 0 Å². The van der Waals surface area contributed by atoms with Crippen molar-refractivity contribution in [3.8, 4) is 12.1 Å². The van der Waals surface area contributed by atoms with Crippen molar-refractivity contribution in [2.24, 2.45) is 35.5 Å². The van der Waals surface area contributed by atoms with Gasteiger partial charge in [-0.25, -0.2) is 0 Å². The van der Waals surface area contributed by atoms with Crippen LogP contribution in [0.15, 0.2) is 12.7 Å². The maximum absolute atomic E-state index is 14.9. The summed E-state index contributed by atoms with van der Waals surface area (Å²) in [6.07, 6.45) is -12.2. The largest absolute Gasteiger partial charge is 0.459 e. The molecule has 0 spiro atoms.